The van der Waals surface area contributed by atoms with Gasteiger partial charge in [-0.1, -0.05) is 50.2 Å². The van der Waals surface area contributed by atoms with Crippen LogP contribution in [0.1, 0.15) is 32.6 Å². The molecule has 1 fully saturated rings. The predicted molar refractivity (Wildman–Crippen MR) is 59.6 cm³/mol. The summed E-state index contributed by atoms with van der Waals surface area (Å²) in [5.74, 6) is 5.34. The molecule has 0 aromatic rings. The molecule has 3 aliphatic carbocycles. The Hall–Kier alpha value is -0.131. The van der Waals surface area contributed by atoms with E-state index in [1.54, 1.807) is 5.92 Å². The van der Waals surface area contributed by atoms with Gasteiger partial charge in [-0.15, -0.1) is 0 Å². The third-order valence-corrected chi connectivity index (χ3v) is 4.30. The number of hydrogen-bond donors (Lipinski definition) is 0. The fourth-order valence-corrected chi connectivity index (χ4v) is 3.62. The van der Waals surface area contributed by atoms with Crippen LogP contribution in [-0.2, 0) is 17.1 Å². The van der Waals surface area contributed by atoms with Crippen molar-refractivity contribution in [2.24, 2.45) is 23.7 Å². The molecule has 1 heteroatoms. The molecule has 0 spiro atoms. The summed E-state index contributed by atoms with van der Waals surface area (Å²) in [7, 11) is 0. The minimum Gasteiger partial charge on any atom is -0.228 e. The van der Waals surface area contributed by atoms with E-state index in [2.05, 4.69) is 31.2 Å². The van der Waals surface area contributed by atoms with Crippen molar-refractivity contribution in [1.29, 1.82) is 0 Å². The van der Waals surface area contributed by atoms with Crippen molar-refractivity contribution in [1.82, 2.24) is 0 Å². The molecule has 4 unspecified atom stereocenters. The average molecular weight is 243 g/mol. The molecule has 0 aromatic carbocycles. The van der Waals surface area contributed by atoms with E-state index in [4.69, 9.17) is 0 Å². The number of unbranched alkanes of at least 4 members (excludes halogenated alkanes) is 1. The van der Waals surface area contributed by atoms with Gasteiger partial charge in [0.15, 0.2) is 0 Å². The molecule has 0 nitrogen and oxygen atoms in total. The Balaban J connectivity index is 0.000000853. The molecule has 0 aromatic heterocycles. The molecule has 3 rings (SSSR count). The first-order valence-electron chi connectivity index (χ1n) is 6.12. The number of fused-ring (bicyclic) bond motifs is 5. The maximum Gasteiger partial charge on any atom is 0 e. The standard InChI is InChI=1S/C14H19.Fe/c1-2-3-4-10-7-8-13-11-5-6-12(9-11)14(10)13;/h5-8,11-14H,2-4,9H2,1H3;/q-1;. The summed E-state index contributed by atoms with van der Waals surface area (Å²) in [6, 6.07) is 0. The van der Waals surface area contributed by atoms with Crippen LogP contribution in [0.2, 0.25) is 0 Å². The molecule has 0 radical (unpaired) electrons. The summed E-state index contributed by atoms with van der Waals surface area (Å²) in [5, 5.41) is 0. The molecule has 0 aliphatic heterocycles. The summed E-state index contributed by atoms with van der Waals surface area (Å²) in [4.78, 5) is 0. The van der Waals surface area contributed by atoms with Gasteiger partial charge in [0.05, 0.1) is 0 Å². The number of hydrogen-bond acceptors (Lipinski definition) is 0. The molecule has 0 saturated heterocycles. The Morgan fingerprint density at radius 3 is 2.80 bits per heavy atom. The Labute approximate surface area is 104 Å². The Bertz CT molecular complexity index is 279. The quantitative estimate of drug-likeness (QED) is 0.402. The van der Waals surface area contributed by atoms with Crippen molar-refractivity contribution in [3.8, 4) is 0 Å². The molecule has 2 bridgehead atoms. The van der Waals surface area contributed by atoms with Crippen molar-refractivity contribution in [3.63, 3.8) is 0 Å². The molecular formula is C14H19Fe-. The van der Waals surface area contributed by atoms with Gasteiger partial charge in [0.1, 0.15) is 0 Å². The summed E-state index contributed by atoms with van der Waals surface area (Å²) in [5.41, 5.74) is 0. The fourth-order valence-electron chi connectivity index (χ4n) is 3.62. The summed E-state index contributed by atoms with van der Waals surface area (Å²) >= 11 is 0. The molecule has 15 heavy (non-hydrogen) atoms. The van der Waals surface area contributed by atoms with Crippen LogP contribution in [0, 0.1) is 29.6 Å². The van der Waals surface area contributed by atoms with Gasteiger partial charge in [0, 0.05) is 17.1 Å². The van der Waals surface area contributed by atoms with Crippen molar-refractivity contribution in [2.75, 3.05) is 0 Å². The van der Waals surface area contributed by atoms with Gasteiger partial charge in [0.25, 0.3) is 0 Å². The SMILES string of the molecule is CCCC[C-]1C=CC2C3C=CC(C3)C12.[Fe]. The molecule has 0 N–H and O–H groups in total. The van der Waals surface area contributed by atoms with Gasteiger partial charge < -0.3 is 0 Å². The first-order chi connectivity index (χ1) is 6.90. The maximum atomic E-state index is 2.49. The zero-order valence-corrected chi connectivity index (χ0v) is 10.4. The van der Waals surface area contributed by atoms with Crippen LogP contribution in [0.3, 0.4) is 0 Å². The number of allylic oxidation sites excluding steroid dienone is 4. The Kier molecular flexibility index (Phi) is 3.33. The first kappa shape index (κ1) is 11.4. The van der Waals surface area contributed by atoms with Crippen molar-refractivity contribution < 1.29 is 17.1 Å². The van der Waals surface area contributed by atoms with Gasteiger partial charge >= 0.3 is 0 Å². The monoisotopic (exact) mass is 243 g/mol. The number of rotatable bonds is 3. The van der Waals surface area contributed by atoms with Gasteiger partial charge in [-0.25, -0.2) is 18.1 Å². The van der Waals surface area contributed by atoms with Gasteiger partial charge in [-0.2, -0.15) is 0 Å². The van der Waals surface area contributed by atoms with E-state index in [1.165, 1.54) is 25.7 Å². The van der Waals surface area contributed by atoms with E-state index in [0.29, 0.717) is 0 Å². The Morgan fingerprint density at radius 2 is 2.00 bits per heavy atom. The molecule has 84 valence electrons. The third kappa shape index (κ3) is 1.70. The van der Waals surface area contributed by atoms with Gasteiger partial charge in [-0.3, -0.25) is 0 Å². The van der Waals surface area contributed by atoms with E-state index >= 15 is 0 Å². The second-order valence-corrected chi connectivity index (χ2v) is 5.09. The summed E-state index contributed by atoms with van der Waals surface area (Å²) in [6.07, 6.45) is 15.4. The topological polar surface area (TPSA) is 0 Å². The van der Waals surface area contributed by atoms with Crippen molar-refractivity contribution >= 4 is 0 Å². The predicted octanol–water partition coefficient (Wildman–Crippen LogP) is 3.76. The van der Waals surface area contributed by atoms with E-state index in [0.717, 1.165) is 23.7 Å². The maximum absolute atomic E-state index is 2.49. The van der Waals surface area contributed by atoms with Crippen molar-refractivity contribution in [3.05, 3.63) is 30.2 Å². The third-order valence-electron chi connectivity index (χ3n) is 4.30. The molecule has 0 heterocycles. The van der Waals surface area contributed by atoms with Crippen molar-refractivity contribution in [2.45, 2.75) is 32.6 Å². The molecular weight excluding hydrogens is 224 g/mol. The van der Waals surface area contributed by atoms with Gasteiger partial charge in [0.2, 0.25) is 0 Å². The second kappa shape index (κ2) is 4.39. The molecule has 0 amide bonds. The van der Waals surface area contributed by atoms with E-state index in [1.807, 2.05) is 0 Å². The van der Waals surface area contributed by atoms with Crippen LogP contribution < -0.4 is 0 Å². The minimum absolute atomic E-state index is 0. The van der Waals surface area contributed by atoms with Crippen LogP contribution in [0.25, 0.3) is 0 Å². The van der Waals surface area contributed by atoms with Crippen LogP contribution in [0.5, 0.6) is 0 Å². The first-order valence-corrected chi connectivity index (χ1v) is 6.12. The molecule has 3 aliphatic rings. The van der Waals surface area contributed by atoms with Crippen LogP contribution in [-0.4, -0.2) is 0 Å². The van der Waals surface area contributed by atoms with Crippen LogP contribution >= 0.6 is 0 Å². The zero-order chi connectivity index (χ0) is 9.54. The van der Waals surface area contributed by atoms with Crippen LogP contribution in [0.4, 0.5) is 0 Å². The van der Waals surface area contributed by atoms with Gasteiger partial charge in [-0.05, 0) is 18.3 Å². The van der Waals surface area contributed by atoms with E-state index in [-0.39, 0.29) is 17.1 Å². The molecule has 4 atom stereocenters. The van der Waals surface area contributed by atoms with E-state index in [9.17, 15) is 0 Å². The fraction of sp³-hybridized carbons (Fsp3) is 0.643. The minimum atomic E-state index is 0. The molecule has 1 saturated carbocycles. The van der Waals surface area contributed by atoms with Crippen LogP contribution in [0.15, 0.2) is 24.3 Å². The summed E-state index contributed by atoms with van der Waals surface area (Å²) in [6.45, 7) is 2.29. The normalized spacial score (nSPS) is 39.7. The van der Waals surface area contributed by atoms with E-state index < -0.39 is 0 Å². The smallest absolute Gasteiger partial charge is 0 e. The Morgan fingerprint density at radius 1 is 1.20 bits per heavy atom. The summed E-state index contributed by atoms with van der Waals surface area (Å²) < 4.78 is 0. The zero-order valence-electron chi connectivity index (χ0n) is 9.30. The largest absolute Gasteiger partial charge is 0.228 e. The second-order valence-electron chi connectivity index (χ2n) is 5.09. The average Bonchev–Trinajstić information content (AvgIpc) is 2.87.